The van der Waals surface area contributed by atoms with Crippen molar-refractivity contribution in [1.29, 1.82) is 0 Å². The van der Waals surface area contributed by atoms with Crippen molar-refractivity contribution < 1.29 is 4.74 Å². The van der Waals surface area contributed by atoms with Crippen molar-refractivity contribution >= 4 is 0 Å². The first-order valence-electron chi connectivity index (χ1n) is 6.35. The van der Waals surface area contributed by atoms with Crippen molar-refractivity contribution in [3.63, 3.8) is 0 Å². The van der Waals surface area contributed by atoms with Crippen molar-refractivity contribution in [2.75, 3.05) is 39.4 Å². The number of ether oxygens (including phenoxy) is 1. The van der Waals surface area contributed by atoms with Crippen LogP contribution in [0.25, 0.3) is 0 Å². The monoisotopic (exact) mass is 212 g/mol. The van der Waals surface area contributed by atoms with Crippen LogP contribution in [0.3, 0.4) is 0 Å². The van der Waals surface area contributed by atoms with Gasteiger partial charge in [-0.25, -0.2) is 0 Å². The molecule has 0 aromatic heterocycles. The molecule has 2 saturated heterocycles. The van der Waals surface area contributed by atoms with Gasteiger partial charge in [0.15, 0.2) is 0 Å². The Hall–Kier alpha value is -0.120. The number of hydrogen-bond donors (Lipinski definition) is 1. The van der Waals surface area contributed by atoms with Gasteiger partial charge in [0.25, 0.3) is 0 Å². The maximum absolute atomic E-state index is 5.92. The molecule has 2 aliphatic rings. The normalized spacial score (nSPS) is 34.2. The molecule has 0 radical (unpaired) electrons. The Bertz CT molecular complexity index is 182. The van der Waals surface area contributed by atoms with Gasteiger partial charge in [0.1, 0.15) is 0 Å². The third kappa shape index (κ3) is 2.92. The predicted octanol–water partition coefficient (Wildman–Crippen LogP) is 1.23. The standard InChI is InChI=1S/C12H24N2O/c13-9-12(5-8-15-11-12)10-14-6-3-1-2-4-7-14/h1-11,13H2. The molecule has 0 spiro atoms. The Balaban J connectivity index is 1.87. The van der Waals surface area contributed by atoms with Crippen molar-refractivity contribution in [2.24, 2.45) is 11.1 Å². The van der Waals surface area contributed by atoms with Crippen molar-refractivity contribution in [3.05, 3.63) is 0 Å². The van der Waals surface area contributed by atoms with Crippen LogP contribution in [0.15, 0.2) is 0 Å². The Kier molecular flexibility index (Phi) is 4.00. The number of hydrogen-bond acceptors (Lipinski definition) is 3. The van der Waals surface area contributed by atoms with Crippen LogP contribution in [-0.4, -0.2) is 44.3 Å². The zero-order valence-corrected chi connectivity index (χ0v) is 9.71. The SMILES string of the molecule is NCC1(CN2CCCCCC2)CCOC1. The summed E-state index contributed by atoms with van der Waals surface area (Å²) in [4.78, 5) is 2.61. The lowest BCUT2D eigenvalue weighted by Crippen LogP contribution is -2.43. The summed E-state index contributed by atoms with van der Waals surface area (Å²) in [5, 5.41) is 0. The van der Waals surface area contributed by atoms with Gasteiger partial charge in [-0.05, 0) is 32.4 Å². The third-order valence-electron chi connectivity index (χ3n) is 3.88. The molecule has 2 heterocycles. The molecule has 0 bridgehead atoms. The van der Waals surface area contributed by atoms with Crippen molar-refractivity contribution in [1.82, 2.24) is 4.90 Å². The quantitative estimate of drug-likeness (QED) is 0.764. The summed E-state index contributed by atoms with van der Waals surface area (Å²) in [7, 11) is 0. The first-order valence-corrected chi connectivity index (χ1v) is 6.35. The summed E-state index contributed by atoms with van der Waals surface area (Å²) in [6.07, 6.45) is 6.69. The van der Waals surface area contributed by atoms with Crippen LogP contribution in [0.5, 0.6) is 0 Å². The van der Waals surface area contributed by atoms with Gasteiger partial charge in [0, 0.05) is 25.1 Å². The fraction of sp³-hybridized carbons (Fsp3) is 1.00. The second kappa shape index (κ2) is 5.28. The van der Waals surface area contributed by atoms with Gasteiger partial charge in [0.05, 0.1) is 6.61 Å². The minimum absolute atomic E-state index is 0.268. The highest BCUT2D eigenvalue weighted by molar-refractivity contribution is 4.87. The van der Waals surface area contributed by atoms with Crippen LogP contribution in [-0.2, 0) is 4.74 Å². The zero-order valence-electron chi connectivity index (χ0n) is 9.71. The molecule has 2 aliphatic heterocycles. The van der Waals surface area contributed by atoms with Crippen LogP contribution < -0.4 is 5.73 Å². The second-order valence-electron chi connectivity index (χ2n) is 5.20. The molecule has 3 nitrogen and oxygen atoms in total. The Labute approximate surface area is 93.0 Å². The smallest absolute Gasteiger partial charge is 0.0547 e. The highest BCUT2D eigenvalue weighted by Gasteiger charge is 2.35. The molecule has 15 heavy (non-hydrogen) atoms. The van der Waals surface area contributed by atoms with E-state index in [1.807, 2.05) is 0 Å². The van der Waals surface area contributed by atoms with Crippen LogP contribution >= 0.6 is 0 Å². The summed E-state index contributed by atoms with van der Waals surface area (Å²) in [5.41, 5.74) is 6.19. The molecule has 3 heteroatoms. The number of likely N-dealkylation sites (tertiary alicyclic amines) is 1. The van der Waals surface area contributed by atoms with Crippen molar-refractivity contribution in [3.8, 4) is 0 Å². The van der Waals surface area contributed by atoms with Gasteiger partial charge in [-0.1, -0.05) is 12.8 Å². The van der Waals surface area contributed by atoms with Gasteiger partial charge in [-0.2, -0.15) is 0 Å². The summed E-state index contributed by atoms with van der Waals surface area (Å²) >= 11 is 0. The molecule has 1 atom stereocenters. The minimum atomic E-state index is 0.268. The lowest BCUT2D eigenvalue weighted by atomic mass is 9.87. The van der Waals surface area contributed by atoms with Crippen LogP contribution in [0.4, 0.5) is 0 Å². The van der Waals surface area contributed by atoms with Crippen LogP contribution in [0, 0.1) is 5.41 Å². The zero-order chi connectivity index (χ0) is 10.6. The fourth-order valence-electron chi connectivity index (χ4n) is 2.77. The molecule has 2 fully saturated rings. The molecule has 0 aromatic rings. The van der Waals surface area contributed by atoms with Gasteiger partial charge in [0.2, 0.25) is 0 Å². The number of rotatable bonds is 3. The second-order valence-corrected chi connectivity index (χ2v) is 5.20. The van der Waals surface area contributed by atoms with E-state index in [9.17, 15) is 0 Å². The largest absolute Gasteiger partial charge is 0.381 e. The number of nitrogens with zero attached hydrogens (tertiary/aromatic N) is 1. The molecular formula is C12H24N2O. The molecule has 0 amide bonds. The van der Waals surface area contributed by atoms with Gasteiger partial charge in [-0.15, -0.1) is 0 Å². The molecule has 2 rings (SSSR count). The van der Waals surface area contributed by atoms with E-state index in [1.165, 1.54) is 38.8 Å². The Morgan fingerprint density at radius 2 is 1.87 bits per heavy atom. The van der Waals surface area contributed by atoms with Crippen molar-refractivity contribution in [2.45, 2.75) is 32.1 Å². The summed E-state index contributed by atoms with van der Waals surface area (Å²) < 4.78 is 5.52. The molecule has 0 aliphatic carbocycles. The first-order chi connectivity index (χ1) is 7.35. The van der Waals surface area contributed by atoms with Crippen LogP contribution in [0.2, 0.25) is 0 Å². The van der Waals surface area contributed by atoms with E-state index in [2.05, 4.69) is 4.90 Å². The highest BCUT2D eigenvalue weighted by atomic mass is 16.5. The average Bonchev–Trinajstić information content (AvgIpc) is 2.57. The minimum Gasteiger partial charge on any atom is -0.381 e. The summed E-state index contributed by atoms with van der Waals surface area (Å²) in [6.45, 7) is 6.25. The van der Waals surface area contributed by atoms with E-state index in [0.717, 1.165) is 32.7 Å². The molecular weight excluding hydrogens is 188 g/mol. The van der Waals surface area contributed by atoms with E-state index < -0.39 is 0 Å². The highest BCUT2D eigenvalue weighted by Crippen LogP contribution is 2.29. The first kappa shape index (κ1) is 11.4. The number of nitrogens with two attached hydrogens (primary N) is 1. The fourth-order valence-corrected chi connectivity index (χ4v) is 2.77. The van der Waals surface area contributed by atoms with E-state index in [1.54, 1.807) is 0 Å². The molecule has 2 N–H and O–H groups in total. The molecule has 0 aromatic carbocycles. The van der Waals surface area contributed by atoms with E-state index >= 15 is 0 Å². The van der Waals surface area contributed by atoms with Gasteiger partial charge >= 0.3 is 0 Å². The van der Waals surface area contributed by atoms with Gasteiger partial charge < -0.3 is 15.4 Å². The van der Waals surface area contributed by atoms with E-state index in [0.29, 0.717) is 0 Å². The average molecular weight is 212 g/mol. The van der Waals surface area contributed by atoms with Crippen LogP contribution in [0.1, 0.15) is 32.1 Å². The Morgan fingerprint density at radius 1 is 1.13 bits per heavy atom. The maximum Gasteiger partial charge on any atom is 0.0547 e. The summed E-state index contributed by atoms with van der Waals surface area (Å²) in [5.74, 6) is 0. The molecule has 88 valence electrons. The maximum atomic E-state index is 5.92. The molecule has 0 saturated carbocycles. The lowest BCUT2D eigenvalue weighted by Gasteiger charge is -2.32. The van der Waals surface area contributed by atoms with E-state index in [-0.39, 0.29) is 5.41 Å². The van der Waals surface area contributed by atoms with E-state index in [4.69, 9.17) is 10.5 Å². The topological polar surface area (TPSA) is 38.5 Å². The lowest BCUT2D eigenvalue weighted by molar-refractivity contribution is 0.116. The predicted molar refractivity (Wildman–Crippen MR) is 61.8 cm³/mol. The summed E-state index contributed by atoms with van der Waals surface area (Å²) in [6, 6.07) is 0. The van der Waals surface area contributed by atoms with Gasteiger partial charge in [-0.3, -0.25) is 0 Å². The molecule has 1 unspecified atom stereocenters. The third-order valence-corrected chi connectivity index (χ3v) is 3.88. The Morgan fingerprint density at radius 3 is 2.40 bits per heavy atom.